The lowest BCUT2D eigenvalue weighted by Crippen LogP contribution is -2.43. The zero-order valence-electron chi connectivity index (χ0n) is 15.2. The molecule has 2 aromatic rings. The van der Waals surface area contributed by atoms with Crippen LogP contribution in [0.25, 0.3) is 0 Å². The van der Waals surface area contributed by atoms with E-state index in [-0.39, 0.29) is 0 Å². The van der Waals surface area contributed by atoms with Crippen LogP contribution in [-0.4, -0.2) is 43.8 Å². The van der Waals surface area contributed by atoms with Crippen molar-refractivity contribution in [2.24, 2.45) is 0 Å². The highest BCUT2D eigenvalue weighted by Gasteiger charge is 2.31. The molecule has 2 aromatic carbocycles. The smallest absolute Gasteiger partial charge is 0.282 e. The molecule has 1 fully saturated rings. The quantitative estimate of drug-likeness (QED) is 0.713. The van der Waals surface area contributed by atoms with Gasteiger partial charge < -0.3 is 4.74 Å². The van der Waals surface area contributed by atoms with Gasteiger partial charge in [0.25, 0.3) is 10.2 Å². The van der Waals surface area contributed by atoms with Crippen LogP contribution < -0.4 is 4.74 Å². The van der Waals surface area contributed by atoms with Gasteiger partial charge in [-0.25, -0.2) is 0 Å². The molecule has 1 saturated heterocycles. The van der Waals surface area contributed by atoms with E-state index >= 15 is 0 Å². The first kappa shape index (κ1) is 18.9. The van der Waals surface area contributed by atoms with Gasteiger partial charge in [-0.05, 0) is 42.5 Å². The van der Waals surface area contributed by atoms with E-state index in [0.717, 1.165) is 29.7 Å². The largest absolute Gasteiger partial charge is 0.497 e. The zero-order valence-corrected chi connectivity index (χ0v) is 16.0. The molecular formula is C20H26N2O3S. The standard InChI is InChI=1S/C20H26N2O3S/c1-25-20-11-9-19(10-12-20)17-22(16-13-18-7-3-2-4-8-18)26(23,24)21-14-5-6-15-21/h2-4,7-12H,5-6,13-17H2,1H3. The maximum absolute atomic E-state index is 13.1. The van der Waals surface area contributed by atoms with Crippen molar-refractivity contribution in [3.8, 4) is 5.75 Å². The maximum Gasteiger partial charge on any atom is 0.282 e. The van der Waals surface area contributed by atoms with Gasteiger partial charge >= 0.3 is 0 Å². The van der Waals surface area contributed by atoms with Crippen molar-refractivity contribution < 1.29 is 13.2 Å². The molecule has 5 nitrogen and oxygen atoms in total. The van der Waals surface area contributed by atoms with E-state index < -0.39 is 10.2 Å². The first-order valence-corrected chi connectivity index (χ1v) is 10.4. The number of nitrogens with zero attached hydrogens (tertiary/aromatic N) is 2. The van der Waals surface area contributed by atoms with Crippen molar-refractivity contribution in [3.63, 3.8) is 0 Å². The van der Waals surface area contributed by atoms with Crippen molar-refractivity contribution in [1.82, 2.24) is 8.61 Å². The van der Waals surface area contributed by atoms with Gasteiger partial charge in [0, 0.05) is 26.2 Å². The monoisotopic (exact) mass is 374 g/mol. The van der Waals surface area contributed by atoms with Crippen molar-refractivity contribution in [3.05, 3.63) is 65.7 Å². The van der Waals surface area contributed by atoms with Crippen LogP contribution in [0.5, 0.6) is 5.75 Å². The van der Waals surface area contributed by atoms with Crippen LogP contribution in [0.4, 0.5) is 0 Å². The summed E-state index contributed by atoms with van der Waals surface area (Å²) in [6.45, 7) is 2.07. The minimum absolute atomic E-state index is 0.371. The Bertz CT molecular complexity index is 786. The molecular weight excluding hydrogens is 348 g/mol. The minimum atomic E-state index is -3.45. The SMILES string of the molecule is COc1ccc(CN(CCc2ccccc2)S(=O)(=O)N2CCCC2)cc1. The summed E-state index contributed by atoms with van der Waals surface area (Å²) < 4.78 is 34.6. The van der Waals surface area contributed by atoms with E-state index in [2.05, 4.69) is 0 Å². The molecule has 0 unspecified atom stereocenters. The second-order valence-corrected chi connectivity index (χ2v) is 8.46. The first-order chi connectivity index (χ1) is 12.6. The Kier molecular flexibility index (Phi) is 6.29. The normalized spacial score (nSPS) is 15.5. The number of ether oxygens (including phenoxy) is 1. The zero-order chi connectivity index (χ0) is 18.4. The molecule has 26 heavy (non-hydrogen) atoms. The van der Waals surface area contributed by atoms with Crippen LogP contribution in [0.3, 0.4) is 0 Å². The van der Waals surface area contributed by atoms with Crippen molar-refractivity contribution in [2.75, 3.05) is 26.7 Å². The molecule has 0 aromatic heterocycles. The van der Waals surface area contributed by atoms with Crippen molar-refractivity contribution >= 4 is 10.2 Å². The highest BCUT2D eigenvalue weighted by molar-refractivity contribution is 7.86. The number of rotatable bonds is 8. The number of methoxy groups -OCH3 is 1. The van der Waals surface area contributed by atoms with Gasteiger partial charge in [-0.2, -0.15) is 17.0 Å². The Labute approximate surface area is 156 Å². The molecule has 3 rings (SSSR count). The fourth-order valence-electron chi connectivity index (χ4n) is 3.19. The Hall–Kier alpha value is -1.89. The predicted octanol–water partition coefficient (Wildman–Crippen LogP) is 3.08. The van der Waals surface area contributed by atoms with E-state index in [0.29, 0.717) is 32.6 Å². The van der Waals surface area contributed by atoms with Crippen LogP contribution >= 0.6 is 0 Å². The summed E-state index contributed by atoms with van der Waals surface area (Å²) in [5.41, 5.74) is 2.10. The van der Waals surface area contributed by atoms with Crippen LogP contribution in [0, 0.1) is 0 Å². The molecule has 1 aliphatic heterocycles. The average Bonchev–Trinajstić information content (AvgIpc) is 3.22. The Balaban J connectivity index is 1.77. The molecule has 1 heterocycles. The molecule has 0 bridgehead atoms. The Morgan fingerprint density at radius 3 is 2.23 bits per heavy atom. The third kappa shape index (κ3) is 4.63. The second kappa shape index (κ2) is 8.66. The average molecular weight is 375 g/mol. The second-order valence-electron chi connectivity index (χ2n) is 6.53. The van der Waals surface area contributed by atoms with E-state index in [1.54, 1.807) is 15.7 Å². The van der Waals surface area contributed by atoms with E-state index in [4.69, 9.17) is 4.74 Å². The third-order valence-electron chi connectivity index (χ3n) is 4.73. The summed E-state index contributed by atoms with van der Waals surface area (Å²) in [5, 5.41) is 0. The maximum atomic E-state index is 13.1. The molecule has 0 aliphatic carbocycles. The fourth-order valence-corrected chi connectivity index (χ4v) is 4.87. The van der Waals surface area contributed by atoms with Crippen LogP contribution in [0.1, 0.15) is 24.0 Å². The summed E-state index contributed by atoms with van der Waals surface area (Å²) in [6, 6.07) is 17.6. The van der Waals surface area contributed by atoms with Gasteiger partial charge in [0.1, 0.15) is 5.75 Å². The van der Waals surface area contributed by atoms with Gasteiger partial charge in [0.15, 0.2) is 0 Å². The van der Waals surface area contributed by atoms with E-state index in [1.807, 2.05) is 54.6 Å². The number of hydrogen-bond acceptors (Lipinski definition) is 3. The molecule has 0 spiro atoms. The molecule has 0 atom stereocenters. The lowest BCUT2D eigenvalue weighted by Gasteiger charge is -2.27. The number of benzene rings is 2. The summed E-state index contributed by atoms with van der Waals surface area (Å²) in [4.78, 5) is 0. The van der Waals surface area contributed by atoms with Gasteiger partial charge in [-0.15, -0.1) is 0 Å². The minimum Gasteiger partial charge on any atom is -0.497 e. The van der Waals surface area contributed by atoms with E-state index in [1.165, 1.54) is 0 Å². The molecule has 1 aliphatic rings. The molecule has 140 valence electrons. The van der Waals surface area contributed by atoms with Crippen LogP contribution in [0.15, 0.2) is 54.6 Å². The third-order valence-corrected chi connectivity index (χ3v) is 6.71. The van der Waals surface area contributed by atoms with Gasteiger partial charge in [0.2, 0.25) is 0 Å². The van der Waals surface area contributed by atoms with Gasteiger partial charge in [0.05, 0.1) is 7.11 Å². The Morgan fingerprint density at radius 1 is 0.962 bits per heavy atom. The molecule has 6 heteroatoms. The van der Waals surface area contributed by atoms with Gasteiger partial charge in [-0.1, -0.05) is 42.5 Å². The van der Waals surface area contributed by atoms with Crippen LogP contribution in [-0.2, 0) is 23.2 Å². The fraction of sp³-hybridized carbons (Fsp3) is 0.400. The molecule has 0 radical (unpaired) electrons. The lowest BCUT2D eigenvalue weighted by molar-refractivity contribution is 0.357. The van der Waals surface area contributed by atoms with Crippen molar-refractivity contribution in [1.29, 1.82) is 0 Å². The van der Waals surface area contributed by atoms with Crippen molar-refractivity contribution in [2.45, 2.75) is 25.8 Å². The van der Waals surface area contributed by atoms with Crippen LogP contribution in [0.2, 0.25) is 0 Å². The molecule has 0 amide bonds. The molecule has 0 saturated carbocycles. The summed E-state index contributed by atoms with van der Waals surface area (Å²) in [5.74, 6) is 0.770. The first-order valence-electron chi connectivity index (χ1n) is 9.01. The highest BCUT2D eigenvalue weighted by Crippen LogP contribution is 2.20. The summed E-state index contributed by atoms with van der Waals surface area (Å²) >= 11 is 0. The highest BCUT2D eigenvalue weighted by atomic mass is 32.2. The topological polar surface area (TPSA) is 49.9 Å². The van der Waals surface area contributed by atoms with Gasteiger partial charge in [-0.3, -0.25) is 0 Å². The predicted molar refractivity (Wildman–Crippen MR) is 103 cm³/mol. The van der Waals surface area contributed by atoms with E-state index in [9.17, 15) is 8.42 Å². The lowest BCUT2D eigenvalue weighted by atomic mass is 10.1. The number of hydrogen-bond donors (Lipinski definition) is 0. The molecule has 0 N–H and O–H groups in total. The Morgan fingerprint density at radius 2 is 1.62 bits per heavy atom. The summed E-state index contributed by atoms with van der Waals surface area (Å²) in [7, 11) is -1.83. The summed E-state index contributed by atoms with van der Waals surface area (Å²) in [6.07, 6.45) is 2.58.